The SMILES string of the molecule is C=Cc1c(C)c2cc3[nH]c(cc4nc(cc5nc(cc1[nH]2)C(C)=C5CCC(=O)N[C@@H](CCCCNC(=O)OC(C)(C)C)C(=O)O)C(CCC(=O)N[C@@H](CCCCNC(=O)OC(C)(C)C)C(=O)O)=C4C)c(C)c3C=C. The minimum absolute atomic E-state index is 0.0544. The molecule has 0 radical (unpaired) electrons. The quantitative estimate of drug-likeness (QED) is 0.0437. The first-order chi connectivity index (χ1) is 34.8. The summed E-state index contributed by atoms with van der Waals surface area (Å²) in [5.74, 6) is -3.26. The molecule has 0 spiro atoms. The number of aromatic amines is 2. The molecule has 0 aliphatic carbocycles. The number of amides is 4. The summed E-state index contributed by atoms with van der Waals surface area (Å²) in [6, 6.07) is 5.46. The number of carbonyl (C=O) groups is 6. The molecule has 18 heteroatoms. The number of carboxylic acids is 2. The second-order valence-electron chi connectivity index (χ2n) is 20.7. The van der Waals surface area contributed by atoms with Crippen molar-refractivity contribution in [3.05, 3.63) is 82.5 Å². The van der Waals surface area contributed by atoms with Crippen LogP contribution < -0.4 is 21.3 Å². The molecule has 5 rings (SSSR count). The molecule has 0 unspecified atom stereocenters. The number of hydrogen-bond acceptors (Lipinski definition) is 10. The van der Waals surface area contributed by atoms with E-state index < -0.39 is 59.2 Å². The predicted octanol–water partition coefficient (Wildman–Crippen LogP) is 10.2. The topological polar surface area (TPSA) is 267 Å². The maximum Gasteiger partial charge on any atom is 0.407 e. The van der Waals surface area contributed by atoms with Crippen LogP contribution in [0.4, 0.5) is 9.59 Å². The van der Waals surface area contributed by atoms with E-state index in [9.17, 15) is 39.0 Å². The van der Waals surface area contributed by atoms with Gasteiger partial charge in [0.1, 0.15) is 23.3 Å². The maximum absolute atomic E-state index is 13.6. The van der Waals surface area contributed by atoms with Gasteiger partial charge in [0.15, 0.2) is 0 Å². The second-order valence-corrected chi connectivity index (χ2v) is 20.7. The van der Waals surface area contributed by atoms with Crippen LogP contribution in [0.15, 0.2) is 37.4 Å². The average Bonchev–Trinajstić information content (AvgIpc) is 3.96. The normalized spacial score (nSPS) is 13.4. The van der Waals surface area contributed by atoms with Crippen molar-refractivity contribution in [1.29, 1.82) is 0 Å². The van der Waals surface area contributed by atoms with Crippen LogP contribution in [0.3, 0.4) is 0 Å². The summed E-state index contributed by atoms with van der Waals surface area (Å²) in [6.07, 6.45) is 4.87. The summed E-state index contributed by atoms with van der Waals surface area (Å²) in [7, 11) is 0. The van der Waals surface area contributed by atoms with E-state index in [2.05, 4.69) is 44.4 Å². The van der Waals surface area contributed by atoms with Crippen molar-refractivity contribution in [3.63, 3.8) is 0 Å². The molecular formula is C56H74N8O10. The van der Waals surface area contributed by atoms with E-state index in [1.165, 1.54) is 0 Å². The van der Waals surface area contributed by atoms with Gasteiger partial charge in [0.2, 0.25) is 11.8 Å². The highest BCUT2D eigenvalue weighted by molar-refractivity contribution is 5.98. The average molecular weight is 1020 g/mol. The number of nitrogens with zero attached hydrogens (tertiary/aromatic N) is 2. The number of allylic oxidation sites excluding steroid dienone is 4. The smallest absolute Gasteiger partial charge is 0.407 e. The lowest BCUT2D eigenvalue weighted by Crippen LogP contribution is -2.40. The van der Waals surface area contributed by atoms with Gasteiger partial charge in [-0.15, -0.1) is 0 Å². The highest BCUT2D eigenvalue weighted by Gasteiger charge is 2.26. The number of H-pyrrole nitrogens is 2. The number of carbonyl (C=O) groups excluding carboxylic acids is 4. The molecule has 74 heavy (non-hydrogen) atoms. The summed E-state index contributed by atoms with van der Waals surface area (Å²) < 4.78 is 10.5. The number of nitrogens with one attached hydrogen (secondary N) is 6. The first kappa shape index (κ1) is 57.4. The zero-order valence-electron chi connectivity index (χ0n) is 44.6. The molecule has 398 valence electrons. The van der Waals surface area contributed by atoms with Crippen LogP contribution in [0, 0.1) is 13.8 Å². The van der Waals surface area contributed by atoms with Gasteiger partial charge in [0, 0.05) is 59.1 Å². The van der Waals surface area contributed by atoms with Gasteiger partial charge in [0.25, 0.3) is 0 Å². The van der Waals surface area contributed by atoms with Crippen molar-refractivity contribution in [3.8, 4) is 0 Å². The molecule has 2 atom stereocenters. The lowest BCUT2D eigenvalue weighted by atomic mass is 9.97. The third kappa shape index (κ3) is 15.8. The van der Waals surface area contributed by atoms with E-state index in [4.69, 9.17) is 19.4 Å². The Balaban J connectivity index is 1.46. The van der Waals surface area contributed by atoms with Crippen LogP contribution >= 0.6 is 0 Å². The van der Waals surface area contributed by atoms with Gasteiger partial charge in [-0.2, -0.15) is 0 Å². The van der Waals surface area contributed by atoms with Crippen molar-refractivity contribution in [2.75, 3.05) is 13.1 Å². The zero-order chi connectivity index (χ0) is 54.7. The van der Waals surface area contributed by atoms with Crippen LogP contribution in [0.5, 0.6) is 0 Å². The lowest BCUT2D eigenvalue weighted by Gasteiger charge is -2.19. The molecular weight excluding hydrogens is 945 g/mol. The van der Waals surface area contributed by atoms with Crippen molar-refractivity contribution >= 4 is 92.5 Å². The van der Waals surface area contributed by atoms with E-state index >= 15 is 0 Å². The number of aromatic nitrogens is 4. The minimum atomic E-state index is -1.17. The third-order valence-corrected chi connectivity index (χ3v) is 12.7. The summed E-state index contributed by atoms with van der Waals surface area (Å²) in [5, 5.41) is 30.8. The molecule has 3 aromatic rings. The van der Waals surface area contributed by atoms with E-state index in [0.29, 0.717) is 48.5 Å². The lowest BCUT2D eigenvalue weighted by molar-refractivity contribution is -0.142. The number of aryl methyl sites for hydroxylation is 2. The molecule has 0 saturated heterocycles. The first-order valence-electron chi connectivity index (χ1n) is 25.2. The number of ether oxygens (including phenoxy) is 2. The number of aliphatic carboxylic acids is 2. The van der Waals surface area contributed by atoms with Gasteiger partial charge < -0.3 is 50.9 Å². The maximum atomic E-state index is 13.6. The third-order valence-electron chi connectivity index (χ3n) is 12.7. The summed E-state index contributed by atoms with van der Waals surface area (Å²) in [5.41, 5.74) is 11.1. The van der Waals surface area contributed by atoms with E-state index in [-0.39, 0.29) is 51.6 Å². The summed E-state index contributed by atoms with van der Waals surface area (Å²) in [4.78, 5) is 93.2. The van der Waals surface area contributed by atoms with Crippen LogP contribution in [-0.2, 0) is 28.7 Å². The monoisotopic (exact) mass is 1020 g/mol. The van der Waals surface area contributed by atoms with Gasteiger partial charge in [-0.1, -0.05) is 25.3 Å². The van der Waals surface area contributed by atoms with Crippen molar-refractivity contribution < 1.29 is 48.5 Å². The molecule has 2 aliphatic heterocycles. The van der Waals surface area contributed by atoms with Crippen LogP contribution in [0.1, 0.15) is 165 Å². The second kappa shape index (κ2) is 25.0. The predicted molar refractivity (Wildman–Crippen MR) is 289 cm³/mol. The molecule has 18 nitrogen and oxygen atoms in total. The highest BCUT2D eigenvalue weighted by Crippen LogP contribution is 2.38. The standard InChI is InChI=1S/C56H74N8O10/c1-13-35-31(3)41-27-42-33(5)37(21-23-49(65)63-39(51(67)68)19-15-17-25-57-53(71)73-55(7,8)9)47(61-42)30-48-38(34(6)44(62-48)29-46-36(14-2)32(4)43(60-46)28-45(35)59-41)22-24-50(66)64-40(52(69)70)20-16-18-26-58-54(72)74-56(10,11)12/h13-14,27-30,39-40,59-60H,1-2,15-26H2,3-12H3,(H,57,71)(H,58,72)(H,63,65)(H,64,66)(H,67,68)(H,69,70)/t39-,40-/m0/s1. The van der Waals surface area contributed by atoms with Crippen molar-refractivity contribution in [1.82, 2.24) is 41.2 Å². The van der Waals surface area contributed by atoms with Crippen LogP contribution in [0.25, 0.3) is 56.5 Å². The number of fused-ring (bicyclic) bond motifs is 8. The molecule has 5 heterocycles. The molecule has 3 aromatic heterocycles. The Labute approximate surface area is 433 Å². The van der Waals surface area contributed by atoms with Crippen LogP contribution in [-0.4, -0.2) is 102 Å². The van der Waals surface area contributed by atoms with Gasteiger partial charge >= 0.3 is 24.1 Å². The first-order valence-corrected chi connectivity index (χ1v) is 25.2. The Morgan fingerprint density at radius 2 is 0.959 bits per heavy atom. The van der Waals surface area contributed by atoms with Gasteiger partial charge in [-0.05, 0) is 178 Å². The fraction of sp³-hybridized carbons (Fsp3) is 0.464. The minimum Gasteiger partial charge on any atom is -0.480 e. The van der Waals surface area contributed by atoms with Crippen LogP contribution in [0.2, 0.25) is 0 Å². The molecule has 8 N–H and O–H groups in total. The molecule has 0 saturated carbocycles. The Kier molecular flexibility index (Phi) is 19.4. The Morgan fingerprint density at radius 3 is 1.34 bits per heavy atom. The van der Waals surface area contributed by atoms with E-state index in [1.807, 2.05) is 52.0 Å². The van der Waals surface area contributed by atoms with Gasteiger partial charge in [-0.25, -0.2) is 29.1 Å². The fourth-order valence-electron chi connectivity index (χ4n) is 8.78. The number of hydrogen-bond donors (Lipinski definition) is 8. The molecule has 0 fully saturated rings. The van der Waals surface area contributed by atoms with E-state index in [1.54, 1.807) is 53.7 Å². The molecule has 2 aliphatic rings. The van der Waals surface area contributed by atoms with Gasteiger partial charge in [0.05, 0.1) is 22.8 Å². The highest BCUT2D eigenvalue weighted by atomic mass is 16.6. The number of carboxylic acid groups (broad SMARTS) is 2. The number of alkyl carbamates (subject to hydrolysis) is 2. The Morgan fingerprint density at radius 1 is 0.581 bits per heavy atom. The summed E-state index contributed by atoms with van der Waals surface area (Å²) in [6.45, 7) is 27.2. The molecule has 8 bridgehead atoms. The Bertz CT molecular complexity index is 2910. The zero-order valence-corrected chi connectivity index (χ0v) is 44.6. The number of unbranched alkanes of at least 4 members (excludes halogenated alkanes) is 2. The van der Waals surface area contributed by atoms with Gasteiger partial charge in [-0.3, -0.25) is 9.59 Å². The van der Waals surface area contributed by atoms with Crippen molar-refractivity contribution in [2.45, 2.75) is 157 Å². The molecule has 4 amide bonds. The summed E-state index contributed by atoms with van der Waals surface area (Å²) >= 11 is 0. The largest absolute Gasteiger partial charge is 0.480 e. The van der Waals surface area contributed by atoms with E-state index in [0.717, 1.165) is 66.6 Å². The molecule has 0 aromatic carbocycles. The Hall–Kier alpha value is -7.50. The fourth-order valence-corrected chi connectivity index (χ4v) is 8.78. The number of rotatable bonds is 22. The van der Waals surface area contributed by atoms with Crippen molar-refractivity contribution in [2.24, 2.45) is 0 Å².